The number of carbonyl (C=O) groups is 2. The first-order chi connectivity index (χ1) is 14.8. The zero-order valence-corrected chi connectivity index (χ0v) is 18.2. The number of carbonyl (C=O) groups excluding carboxylic acids is 2. The second-order valence-corrected chi connectivity index (χ2v) is 8.93. The molecule has 1 saturated heterocycles. The molecule has 1 aliphatic rings. The van der Waals surface area contributed by atoms with Crippen LogP contribution in [0.5, 0.6) is 0 Å². The Hall–Kier alpha value is -3.07. The molecule has 2 aromatic heterocycles. The van der Waals surface area contributed by atoms with Crippen LogP contribution >= 0.6 is 11.3 Å². The van der Waals surface area contributed by atoms with Crippen LogP contribution in [0.25, 0.3) is 10.2 Å². The molecule has 0 aliphatic carbocycles. The Kier molecular flexibility index (Phi) is 5.86. The van der Waals surface area contributed by atoms with Crippen molar-refractivity contribution in [3.63, 3.8) is 0 Å². The molecular weight excluding hydrogens is 419 g/mol. The molecule has 2 amide bonds. The van der Waals surface area contributed by atoms with Crippen LogP contribution in [-0.2, 0) is 11.3 Å². The van der Waals surface area contributed by atoms with E-state index in [9.17, 15) is 18.8 Å². The van der Waals surface area contributed by atoms with E-state index < -0.39 is 11.7 Å². The van der Waals surface area contributed by atoms with Crippen molar-refractivity contribution in [2.75, 3.05) is 18.4 Å². The van der Waals surface area contributed by atoms with Gasteiger partial charge in [0.25, 0.3) is 11.5 Å². The maximum Gasteiger partial charge on any atom is 0.266 e. The first-order valence-electron chi connectivity index (χ1n) is 10.2. The fraction of sp³-hybridized carbons (Fsp3) is 0.364. The number of nitrogens with zero attached hydrogens (tertiary/aromatic N) is 3. The van der Waals surface area contributed by atoms with Gasteiger partial charge < -0.3 is 10.2 Å². The summed E-state index contributed by atoms with van der Waals surface area (Å²) < 4.78 is 15.2. The largest absolute Gasteiger partial charge is 0.341 e. The number of thiophene rings is 1. The number of hydrogen-bond donors (Lipinski definition) is 1. The molecule has 1 aromatic carbocycles. The number of likely N-dealkylation sites (tertiary alicyclic amines) is 1. The standard InChI is InChI=1S/C22H23FN4O3S/c1-13-6-5-9-26(10-13)17(28)11-27-12-24-21-18(22(27)30)14(2)19(31-21)20(29)25-16-8-4-3-7-15(16)23/h3-4,7-8,12-13H,5-6,9-11H2,1-2H3,(H,25,29)/t13-/m0/s1. The van der Waals surface area contributed by atoms with Crippen LogP contribution < -0.4 is 10.9 Å². The lowest BCUT2D eigenvalue weighted by atomic mass is 10.0. The van der Waals surface area contributed by atoms with Crippen LogP contribution in [0, 0.1) is 18.7 Å². The Morgan fingerprint density at radius 1 is 1.32 bits per heavy atom. The Morgan fingerprint density at radius 2 is 2.10 bits per heavy atom. The smallest absolute Gasteiger partial charge is 0.266 e. The third kappa shape index (κ3) is 4.23. The van der Waals surface area contributed by atoms with E-state index in [1.165, 1.54) is 29.1 Å². The number of anilines is 1. The molecule has 3 heterocycles. The van der Waals surface area contributed by atoms with E-state index in [-0.39, 0.29) is 28.6 Å². The lowest BCUT2D eigenvalue weighted by Crippen LogP contribution is -2.42. The van der Waals surface area contributed by atoms with Gasteiger partial charge in [0.1, 0.15) is 17.2 Å². The zero-order valence-electron chi connectivity index (χ0n) is 17.4. The number of aromatic nitrogens is 2. The van der Waals surface area contributed by atoms with Gasteiger partial charge in [-0.25, -0.2) is 9.37 Å². The number of halogens is 1. The van der Waals surface area contributed by atoms with E-state index in [1.54, 1.807) is 17.9 Å². The van der Waals surface area contributed by atoms with Gasteiger partial charge in [-0.1, -0.05) is 19.1 Å². The summed E-state index contributed by atoms with van der Waals surface area (Å²) >= 11 is 1.07. The number of para-hydroxylation sites is 1. The van der Waals surface area contributed by atoms with E-state index in [2.05, 4.69) is 17.2 Å². The Balaban J connectivity index is 1.60. The molecule has 1 aliphatic heterocycles. The van der Waals surface area contributed by atoms with Gasteiger partial charge in [-0.3, -0.25) is 19.0 Å². The predicted octanol–water partition coefficient (Wildman–Crippen LogP) is 3.42. The maximum absolute atomic E-state index is 13.9. The minimum atomic E-state index is -0.541. The van der Waals surface area contributed by atoms with E-state index in [1.807, 2.05) is 0 Å². The molecule has 0 radical (unpaired) electrons. The highest BCUT2D eigenvalue weighted by atomic mass is 32.1. The van der Waals surface area contributed by atoms with Gasteiger partial charge in [0.05, 0.1) is 22.3 Å². The molecule has 3 aromatic rings. The summed E-state index contributed by atoms with van der Waals surface area (Å²) in [7, 11) is 0. The molecule has 162 valence electrons. The molecule has 0 bridgehead atoms. The number of hydrogen-bond acceptors (Lipinski definition) is 5. The molecule has 0 unspecified atom stereocenters. The monoisotopic (exact) mass is 442 g/mol. The summed E-state index contributed by atoms with van der Waals surface area (Å²) in [5.41, 5.74) is 0.179. The van der Waals surface area contributed by atoms with Gasteiger partial charge in [0.2, 0.25) is 5.91 Å². The highest BCUT2D eigenvalue weighted by Gasteiger charge is 2.23. The summed E-state index contributed by atoms with van der Waals surface area (Å²) in [5, 5.41) is 2.85. The van der Waals surface area contributed by atoms with Gasteiger partial charge in [-0.05, 0) is 43.4 Å². The first-order valence-corrected chi connectivity index (χ1v) is 11.0. The molecule has 1 atom stereocenters. The average Bonchev–Trinajstić information content (AvgIpc) is 3.09. The van der Waals surface area contributed by atoms with Crippen molar-refractivity contribution in [3.05, 3.63) is 57.2 Å². The van der Waals surface area contributed by atoms with Crippen molar-refractivity contribution in [1.29, 1.82) is 0 Å². The van der Waals surface area contributed by atoms with Gasteiger partial charge in [-0.15, -0.1) is 11.3 Å². The van der Waals surface area contributed by atoms with Crippen molar-refractivity contribution in [3.8, 4) is 0 Å². The van der Waals surface area contributed by atoms with E-state index in [0.29, 0.717) is 34.8 Å². The van der Waals surface area contributed by atoms with Crippen molar-refractivity contribution in [2.45, 2.75) is 33.2 Å². The molecule has 1 fully saturated rings. The summed E-state index contributed by atoms with van der Waals surface area (Å²) in [6.45, 7) is 5.09. The van der Waals surface area contributed by atoms with Crippen LogP contribution in [0.4, 0.5) is 10.1 Å². The highest BCUT2D eigenvalue weighted by Crippen LogP contribution is 2.28. The Morgan fingerprint density at radius 3 is 2.84 bits per heavy atom. The summed E-state index contributed by atoms with van der Waals surface area (Å²) in [6, 6.07) is 5.88. The lowest BCUT2D eigenvalue weighted by molar-refractivity contribution is -0.133. The quantitative estimate of drug-likeness (QED) is 0.671. The average molecular weight is 443 g/mol. The molecule has 0 saturated carbocycles. The number of benzene rings is 1. The third-order valence-corrected chi connectivity index (χ3v) is 6.76. The molecule has 9 heteroatoms. The van der Waals surface area contributed by atoms with Crippen LogP contribution in [0.1, 0.15) is 35.0 Å². The van der Waals surface area contributed by atoms with Crippen LogP contribution in [0.2, 0.25) is 0 Å². The molecule has 0 spiro atoms. The third-order valence-electron chi connectivity index (χ3n) is 5.56. The second kappa shape index (κ2) is 8.58. The van der Waals surface area contributed by atoms with Gasteiger partial charge in [-0.2, -0.15) is 0 Å². The molecule has 31 heavy (non-hydrogen) atoms. The van der Waals surface area contributed by atoms with Gasteiger partial charge >= 0.3 is 0 Å². The van der Waals surface area contributed by atoms with Crippen LogP contribution in [0.3, 0.4) is 0 Å². The van der Waals surface area contributed by atoms with Crippen molar-refractivity contribution < 1.29 is 14.0 Å². The fourth-order valence-corrected chi connectivity index (χ4v) is 4.93. The highest BCUT2D eigenvalue weighted by molar-refractivity contribution is 7.20. The molecule has 4 rings (SSSR count). The van der Waals surface area contributed by atoms with E-state index in [4.69, 9.17) is 0 Å². The second-order valence-electron chi connectivity index (χ2n) is 7.94. The minimum Gasteiger partial charge on any atom is -0.341 e. The van der Waals surface area contributed by atoms with Crippen molar-refractivity contribution in [1.82, 2.24) is 14.5 Å². The summed E-state index contributed by atoms with van der Waals surface area (Å²) in [5.74, 6) is -0.708. The van der Waals surface area contributed by atoms with Crippen molar-refractivity contribution in [2.24, 2.45) is 5.92 Å². The van der Waals surface area contributed by atoms with E-state index in [0.717, 1.165) is 24.2 Å². The number of nitrogens with one attached hydrogen (secondary N) is 1. The topological polar surface area (TPSA) is 84.3 Å². The molecular formula is C22H23FN4O3S. The number of piperidine rings is 1. The zero-order chi connectivity index (χ0) is 22.1. The normalized spacial score (nSPS) is 16.5. The number of aryl methyl sites for hydroxylation is 1. The molecule has 7 nitrogen and oxygen atoms in total. The maximum atomic E-state index is 13.9. The first kappa shape index (κ1) is 21.2. The number of fused-ring (bicyclic) bond motifs is 1. The minimum absolute atomic E-state index is 0.0658. The predicted molar refractivity (Wildman–Crippen MR) is 118 cm³/mol. The Labute approximate surface area is 182 Å². The van der Waals surface area contributed by atoms with Crippen LogP contribution in [0.15, 0.2) is 35.4 Å². The van der Waals surface area contributed by atoms with Crippen molar-refractivity contribution >= 4 is 39.1 Å². The summed E-state index contributed by atoms with van der Waals surface area (Å²) in [4.78, 5) is 45.2. The van der Waals surface area contributed by atoms with Gasteiger partial charge in [0, 0.05) is 13.1 Å². The number of amides is 2. The Bertz CT molecular complexity index is 1220. The fourth-order valence-electron chi connectivity index (χ4n) is 3.89. The van der Waals surface area contributed by atoms with E-state index >= 15 is 0 Å². The van der Waals surface area contributed by atoms with Gasteiger partial charge in [0.15, 0.2) is 0 Å². The lowest BCUT2D eigenvalue weighted by Gasteiger charge is -2.31. The summed E-state index contributed by atoms with van der Waals surface area (Å²) in [6.07, 6.45) is 3.41. The number of rotatable bonds is 4. The SMILES string of the molecule is Cc1c(C(=O)Nc2ccccc2F)sc2ncn(CC(=O)N3CCC[C@H](C)C3)c(=O)c12. The molecule has 1 N–H and O–H groups in total. The van der Waals surface area contributed by atoms with Crippen LogP contribution in [-0.4, -0.2) is 39.4 Å².